The number of ether oxygens (including phenoxy) is 1. The minimum atomic E-state index is -1.17. The molecule has 1 aromatic rings. The van der Waals surface area contributed by atoms with Crippen molar-refractivity contribution in [2.24, 2.45) is 5.92 Å². The van der Waals surface area contributed by atoms with E-state index in [0.29, 0.717) is 17.7 Å². The summed E-state index contributed by atoms with van der Waals surface area (Å²) in [6.07, 6.45) is 3.10. The zero-order chi connectivity index (χ0) is 15.5. The molecule has 5 nitrogen and oxygen atoms in total. The van der Waals surface area contributed by atoms with Crippen LogP contribution in [-0.4, -0.2) is 29.6 Å². The number of nitrogens with one attached hydrogen (secondary N) is 1. The van der Waals surface area contributed by atoms with Gasteiger partial charge in [0.05, 0.1) is 7.11 Å². The van der Waals surface area contributed by atoms with Crippen LogP contribution in [0.25, 0.3) is 0 Å². The van der Waals surface area contributed by atoms with Crippen molar-refractivity contribution in [3.05, 3.63) is 29.8 Å². The lowest BCUT2D eigenvalue weighted by atomic mass is 9.73. The number of benzene rings is 1. The van der Waals surface area contributed by atoms with Crippen molar-refractivity contribution in [2.75, 3.05) is 7.11 Å². The van der Waals surface area contributed by atoms with Gasteiger partial charge in [-0.05, 0) is 37.0 Å². The van der Waals surface area contributed by atoms with Crippen LogP contribution in [0.2, 0.25) is 0 Å². The highest BCUT2D eigenvalue weighted by Gasteiger charge is 2.46. The van der Waals surface area contributed by atoms with Gasteiger partial charge in [0.25, 0.3) is 5.91 Å². The normalized spacial score (nSPS) is 25.1. The maximum Gasteiger partial charge on any atom is 0.329 e. The van der Waals surface area contributed by atoms with Crippen molar-refractivity contribution < 1.29 is 19.4 Å². The van der Waals surface area contributed by atoms with E-state index >= 15 is 0 Å². The SMILES string of the molecule is COc1cccc(C(=O)NC2(C(=O)O)CCCCC2C)c1. The number of hydrogen-bond acceptors (Lipinski definition) is 3. The van der Waals surface area contributed by atoms with Crippen LogP contribution in [0.4, 0.5) is 0 Å². The molecule has 114 valence electrons. The van der Waals surface area contributed by atoms with Crippen molar-refractivity contribution in [2.45, 2.75) is 38.1 Å². The molecule has 2 unspecified atom stereocenters. The number of methoxy groups -OCH3 is 1. The van der Waals surface area contributed by atoms with Crippen LogP contribution in [0.15, 0.2) is 24.3 Å². The third-order valence-corrected chi connectivity index (χ3v) is 4.35. The van der Waals surface area contributed by atoms with Gasteiger partial charge in [0, 0.05) is 5.56 Å². The number of carboxylic acids is 1. The van der Waals surface area contributed by atoms with Crippen molar-refractivity contribution in [1.29, 1.82) is 0 Å². The number of aliphatic carboxylic acids is 1. The average Bonchev–Trinajstić information content (AvgIpc) is 2.49. The highest BCUT2D eigenvalue weighted by molar-refractivity contribution is 5.98. The molecule has 1 saturated carbocycles. The van der Waals surface area contributed by atoms with Crippen molar-refractivity contribution in [1.82, 2.24) is 5.32 Å². The molecular formula is C16H21NO4. The van der Waals surface area contributed by atoms with Gasteiger partial charge in [-0.3, -0.25) is 4.79 Å². The summed E-state index contributed by atoms with van der Waals surface area (Å²) in [7, 11) is 1.53. The number of hydrogen-bond donors (Lipinski definition) is 2. The second-order valence-electron chi connectivity index (χ2n) is 5.61. The number of rotatable bonds is 4. The maximum absolute atomic E-state index is 12.4. The van der Waals surface area contributed by atoms with Crippen LogP contribution in [0.5, 0.6) is 5.75 Å². The van der Waals surface area contributed by atoms with E-state index in [-0.39, 0.29) is 11.8 Å². The van der Waals surface area contributed by atoms with Crippen molar-refractivity contribution >= 4 is 11.9 Å². The largest absolute Gasteiger partial charge is 0.497 e. The summed E-state index contributed by atoms with van der Waals surface area (Å²) >= 11 is 0. The number of carbonyl (C=O) groups excluding carboxylic acids is 1. The van der Waals surface area contributed by atoms with Gasteiger partial charge in [-0.1, -0.05) is 25.8 Å². The fraction of sp³-hybridized carbons (Fsp3) is 0.500. The predicted octanol–water partition coefficient (Wildman–Crippen LogP) is 2.46. The smallest absolute Gasteiger partial charge is 0.329 e. The van der Waals surface area contributed by atoms with Crippen LogP contribution in [0.1, 0.15) is 43.0 Å². The van der Waals surface area contributed by atoms with E-state index < -0.39 is 11.5 Å². The zero-order valence-corrected chi connectivity index (χ0v) is 12.4. The Kier molecular flexibility index (Phi) is 4.50. The van der Waals surface area contributed by atoms with E-state index in [1.165, 1.54) is 7.11 Å². The highest BCUT2D eigenvalue weighted by Crippen LogP contribution is 2.34. The van der Waals surface area contributed by atoms with Gasteiger partial charge in [-0.2, -0.15) is 0 Å². The van der Waals surface area contributed by atoms with Crippen LogP contribution >= 0.6 is 0 Å². The van der Waals surface area contributed by atoms with E-state index in [0.717, 1.165) is 19.3 Å². The first-order valence-corrected chi connectivity index (χ1v) is 7.19. The highest BCUT2D eigenvalue weighted by atomic mass is 16.5. The molecule has 21 heavy (non-hydrogen) atoms. The number of carboxylic acid groups (broad SMARTS) is 1. The van der Waals surface area contributed by atoms with E-state index in [2.05, 4.69) is 5.32 Å². The molecule has 0 spiro atoms. The fourth-order valence-electron chi connectivity index (χ4n) is 2.94. The molecule has 2 rings (SSSR count). The standard InChI is InChI=1S/C16H21NO4/c1-11-6-3-4-9-16(11,15(19)20)17-14(18)12-7-5-8-13(10-12)21-2/h5,7-8,10-11H,3-4,6,9H2,1-2H3,(H,17,18)(H,19,20). The minimum Gasteiger partial charge on any atom is -0.497 e. The second-order valence-corrected chi connectivity index (χ2v) is 5.61. The molecule has 0 radical (unpaired) electrons. The second kappa shape index (κ2) is 6.16. The Labute approximate surface area is 124 Å². The first-order chi connectivity index (χ1) is 9.99. The van der Waals surface area contributed by atoms with E-state index in [1.54, 1.807) is 24.3 Å². The molecule has 0 saturated heterocycles. The lowest BCUT2D eigenvalue weighted by Crippen LogP contribution is -2.60. The monoisotopic (exact) mass is 291 g/mol. The van der Waals surface area contributed by atoms with Crippen LogP contribution in [0.3, 0.4) is 0 Å². The lowest BCUT2D eigenvalue weighted by molar-refractivity contribution is -0.148. The molecule has 0 bridgehead atoms. The van der Waals surface area contributed by atoms with Crippen molar-refractivity contribution in [3.8, 4) is 5.75 Å². The molecule has 2 N–H and O–H groups in total. The summed E-state index contributed by atoms with van der Waals surface area (Å²) in [5.74, 6) is -0.835. The van der Waals surface area contributed by atoms with Gasteiger partial charge >= 0.3 is 5.97 Å². The molecule has 1 aliphatic rings. The van der Waals surface area contributed by atoms with Crippen molar-refractivity contribution in [3.63, 3.8) is 0 Å². The molecule has 2 atom stereocenters. The Morgan fingerprint density at radius 3 is 2.76 bits per heavy atom. The first-order valence-electron chi connectivity index (χ1n) is 7.19. The molecule has 0 aromatic heterocycles. The third-order valence-electron chi connectivity index (χ3n) is 4.35. The quantitative estimate of drug-likeness (QED) is 0.893. The molecule has 5 heteroatoms. The van der Waals surface area contributed by atoms with Gasteiger partial charge in [0.15, 0.2) is 0 Å². The first kappa shape index (κ1) is 15.4. The Morgan fingerprint density at radius 2 is 2.14 bits per heavy atom. The minimum absolute atomic E-state index is 0.0849. The Morgan fingerprint density at radius 1 is 1.38 bits per heavy atom. The number of amides is 1. The van der Waals surface area contributed by atoms with Gasteiger partial charge in [-0.15, -0.1) is 0 Å². The molecule has 1 fully saturated rings. The van der Waals surface area contributed by atoms with Crippen LogP contribution in [0, 0.1) is 5.92 Å². The van der Waals surface area contributed by atoms with E-state index in [1.807, 2.05) is 6.92 Å². The summed E-state index contributed by atoms with van der Waals surface area (Å²) in [5.41, 5.74) is -0.758. The van der Waals surface area contributed by atoms with Gasteiger partial charge in [-0.25, -0.2) is 4.79 Å². The van der Waals surface area contributed by atoms with Crippen LogP contribution in [-0.2, 0) is 4.79 Å². The Balaban J connectivity index is 2.24. The van der Waals surface area contributed by atoms with E-state index in [9.17, 15) is 14.7 Å². The summed E-state index contributed by atoms with van der Waals surface area (Å²) in [5, 5.41) is 12.4. The Bertz CT molecular complexity index is 543. The molecule has 1 aliphatic carbocycles. The van der Waals surface area contributed by atoms with Gasteiger partial charge < -0.3 is 15.2 Å². The average molecular weight is 291 g/mol. The van der Waals surface area contributed by atoms with E-state index in [4.69, 9.17) is 4.74 Å². The molecule has 1 amide bonds. The molecule has 1 aromatic carbocycles. The fourth-order valence-corrected chi connectivity index (χ4v) is 2.94. The summed E-state index contributed by atoms with van der Waals surface area (Å²) < 4.78 is 5.09. The van der Waals surface area contributed by atoms with Gasteiger partial charge in [0.1, 0.15) is 11.3 Å². The Hall–Kier alpha value is -2.04. The summed E-state index contributed by atoms with van der Waals surface area (Å²) in [4.78, 5) is 24.1. The van der Waals surface area contributed by atoms with Crippen LogP contribution < -0.4 is 10.1 Å². The molecule has 0 heterocycles. The molecule has 0 aliphatic heterocycles. The lowest BCUT2D eigenvalue weighted by Gasteiger charge is -2.39. The predicted molar refractivity (Wildman–Crippen MR) is 78.5 cm³/mol. The third kappa shape index (κ3) is 3.01. The van der Waals surface area contributed by atoms with Gasteiger partial charge in [0.2, 0.25) is 0 Å². The zero-order valence-electron chi connectivity index (χ0n) is 12.4. The topological polar surface area (TPSA) is 75.6 Å². The summed E-state index contributed by atoms with van der Waals surface area (Å²) in [6, 6.07) is 6.72. The number of carbonyl (C=O) groups is 2. The molecular weight excluding hydrogens is 270 g/mol. The maximum atomic E-state index is 12.4. The summed E-state index contributed by atoms with van der Waals surface area (Å²) in [6.45, 7) is 1.89.